The van der Waals surface area contributed by atoms with Gasteiger partial charge in [0.2, 0.25) is 0 Å². The molecule has 0 saturated carbocycles. The van der Waals surface area contributed by atoms with Crippen LogP contribution in [0.2, 0.25) is 5.02 Å². The van der Waals surface area contributed by atoms with Crippen LogP contribution < -0.4 is 4.90 Å². The second-order valence-corrected chi connectivity index (χ2v) is 7.11. The van der Waals surface area contributed by atoms with E-state index < -0.39 is 0 Å². The van der Waals surface area contributed by atoms with Gasteiger partial charge in [0.1, 0.15) is 4.99 Å². The van der Waals surface area contributed by atoms with E-state index in [1.807, 2.05) is 24.3 Å². The highest BCUT2D eigenvalue weighted by Gasteiger charge is 2.21. The van der Waals surface area contributed by atoms with Crippen LogP contribution in [0.1, 0.15) is 5.56 Å². The van der Waals surface area contributed by atoms with Crippen LogP contribution in [0.4, 0.5) is 5.69 Å². The molecule has 4 rings (SSSR count). The van der Waals surface area contributed by atoms with E-state index in [1.165, 1.54) is 16.5 Å². The van der Waals surface area contributed by atoms with Gasteiger partial charge in [-0.3, -0.25) is 0 Å². The summed E-state index contributed by atoms with van der Waals surface area (Å²) in [6.45, 7) is 3.82. The average Bonchev–Trinajstić information content (AvgIpc) is 2.68. The highest BCUT2D eigenvalue weighted by Crippen LogP contribution is 2.27. The Morgan fingerprint density at radius 2 is 1.48 bits per heavy atom. The van der Waals surface area contributed by atoms with E-state index in [1.54, 1.807) is 0 Å². The number of thiocarbonyl (C=S) groups is 1. The van der Waals surface area contributed by atoms with Crippen LogP contribution in [-0.2, 0) is 0 Å². The van der Waals surface area contributed by atoms with Gasteiger partial charge in [0.05, 0.1) is 0 Å². The third-order valence-corrected chi connectivity index (χ3v) is 5.51. The SMILES string of the molecule is S=C(c1ccc(Cl)cc1)N1CCN(c2cccc3ccccc23)CC1. The van der Waals surface area contributed by atoms with Crippen LogP contribution >= 0.6 is 23.8 Å². The molecule has 126 valence electrons. The van der Waals surface area contributed by atoms with Gasteiger partial charge in [-0.05, 0) is 23.6 Å². The molecule has 1 fully saturated rings. The summed E-state index contributed by atoms with van der Waals surface area (Å²) in [6.07, 6.45) is 0. The number of nitrogens with zero attached hydrogens (tertiary/aromatic N) is 2. The van der Waals surface area contributed by atoms with E-state index in [0.29, 0.717) is 0 Å². The fourth-order valence-corrected chi connectivity index (χ4v) is 3.85. The van der Waals surface area contributed by atoms with Crippen LogP contribution in [0.5, 0.6) is 0 Å². The minimum atomic E-state index is 0.743. The molecule has 0 aliphatic carbocycles. The number of rotatable bonds is 2. The molecule has 3 aromatic rings. The maximum atomic E-state index is 5.97. The first-order chi connectivity index (χ1) is 12.2. The molecule has 0 atom stereocenters. The first-order valence-corrected chi connectivity index (χ1v) is 9.28. The summed E-state index contributed by atoms with van der Waals surface area (Å²) in [5, 5.41) is 3.35. The van der Waals surface area contributed by atoms with Crippen molar-refractivity contribution in [2.75, 3.05) is 31.1 Å². The van der Waals surface area contributed by atoms with Gasteiger partial charge in [-0.1, -0.05) is 72.3 Å². The van der Waals surface area contributed by atoms with Gasteiger partial charge in [0.15, 0.2) is 0 Å². The first kappa shape index (κ1) is 16.4. The third-order valence-electron chi connectivity index (χ3n) is 4.77. The normalized spacial score (nSPS) is 14.8. The maximum absolute atomic E-state index is 5.97. The molecule has 1 saturated heterocycles. The molecular weight excluding hydrogens is 348 g/mol. The standard InChI is InChI=1S/C21H19ClN2S/c22-18-10-8-17(9-11-18)21(25)24-14-12-23(13-15-24)20-7-3-5-16-4-1-2-6-19(16)20/h1-11H,12-15H2. The molecule has 0 aromatic heterocycles. The van der Waals surface area contributed by atoms with E-state index in [0.717, 1.165) is 41.8 Å². The fraction of sp³-hybridized carbons (Fsp3) is 0.190. The van der Waals surface area contributed by atoms with E-state index >= 15 is 0 Å². The van der Waals surface area contributed by atoms with Crippen LogP contribution in [0, 0.1) is 0 Å². The molecule has 0 spiro atoms. The Hall–Kier alpha value is -2.10. The van der Waals surface area contributed by atoms with Crippen molar-refractivity contribution in [1.82, 2.24) is 4.90 Å². The van der Waals surface area contributed by atoms with Crippen LogP contribution in [0.3, 0.4) is 0 Å². The van der Waals surface area contributed by atoms with Crippen LogP contribution in [0.25, 0.3) is 10.8 Å². The quantitative estimate of drug-likeness (QED) is 0.590. The number of piperazine rings is 1. The zero-order valence-corrected chi connectivity index (χ0v) is 15.4. The predicted octanol–water partition coefficient (Wildman–Crippen LogP) is 4.99. The molecule has 0 N–H and O–H groups in total. The summed E-state index contributed by atoms with van der Waals surface area (Å²) >= 11 is 11.7. The summed E-state index contributed by atoms with van der Waals surface area (Å²) < 4.78 is 0. The number of hydrogen-bond donors (Lipinski definition) is 0. The van der Waals surface area contributed by atoms with Crippen molar-refractivity contribution in [1.29, 1.82) is 0 Å². The Morgan fingerprint density at radius 1 is 0.800 bits per heavy atom. The van der Waals surface area contributed by atoms with E-state index in [-0.39, 0.29) is 0 Å². The van der Waals surface area contributed by atoms with Crippen molar-refractivity contribution >= 4 is 45.3 Å². The lowest BCUT2D eigenvalue weighted by Crippen LogP contribution is -2.48. The lowest BCUT2D eigenvalue weighted by Gasteiger charge is -2.38. The van der Waals surface area contributed by atoms with Gasteiger partial charge < -0.3 is 9.80 Å². The smallest absolute Gasteiger partial charge is 0.109 e. The molecule has 1 aliphatic heterocycles. The number of anilines is 1. The molecule has 1 heterocycles. The maximum Gasteiger partial charge on any atom is 0.109 e. The van der Waals surface area contributed by atoms with Gasteiger partial charge in [0, 0.05) is 47.8 Å². The summed E-state index contributed by atoms with van der Waals surface area (Å²) in [5.74, 6) is 0. The van der Waals surface area contributed by atoms with Gasteiger partial charge in [-0.15, -0.1) is 0 Å². The third kappa shape index (κ3) is 3.35. The molecule has 1 aliphatic rings. The van der Waals surface area contributed by atoms with Gasteiger partial charge in [-0.2, -0.15) is 0 Å². The molecular formula is C21H19ClN2S. The molecule has 0 bridgehead atoms. The summed E-state index contributed by atoms with van der Waals surface area (Å²) in [4.78, 5) is 5.66. The first-order valence-electron chi connectivity index (χ1n) is 8.50. The summed E-state index contributed by atoms with van der Waals surface area (Å²) in [6, 6.07) is 22.9. The zero-order chi connectivity index (χ0) is 17.2. The molecule has 0 unspecified atom stereocenters. The number of benzene rings is 3. The number of fused-ring (bicyclic) bond motifs is 1. The summed E-state index contributed by atoms with van der Waals surface area (Å²) in [5.41, 5.74) is 2.38. The Kier molecular flexibility index (Phi) is 4.60. The minimum Gasteiger partial charge on any atom is -0.367 e. The van der Waals surface area contributed by atoms with E-state index in [2.05, 4.69) is 52.3 Å². The Bertz CT molecular complexity index is 894. The molecule has 0 amide bonds. The lowest BCUT2D eigenvalue weighted by molar-refractivity contribution is 0.392. The van der Waals surface area contributed by atoms with Gasteiger partial charge in [-0.25, -0.2) is 0 Å². The fourth-order valence-electron chi connectivity index (χ4n) is 3.41. The lowest BCUT2D eigenvalue weighted by atomic mass is 10.1. The number of hydrogen-bond acceptors (Lipinski definition) is 2. The largest absolute Gasteiger partial charge is 0.367 e. The van der Waals surface area contributed by atoms with Crippen molar-refractivity contribution < 1.29 is 0 Å². The zero-order valence-electron chi connectivity index (χ0n) is 13.9. The second kappa shape index (κ2) is 7.03. The van der Waals surface area contributed by atoms with Crippen molar-refractivity contribution in [2.45, 2.75) is 0 Å². The van der Waals surface area contributed by atoms with E-state index in [9.17, 15) is 0 Å². The highest BCUT2D eigenvalue weighted by molar-refractivity contribution is 7.80. The minimum absolute atomic E-state index is 0.743. The molecule has 3 aromatic carbocycles. The Labute approximate surface area is 158 Å². The van der Waals surface area contributed by atoms with Crippen molar-refractivity contribution in [3.8, 4) is 0 Å². The van der Waals surface area contributed by atoms with Crippen molar-refractivity contribution in [3.63, 3.8) is 0 Å². The topological polar surface area (TPSA) is 6.48 Å². The van der Waals surface area contributed by atoms with Crippen molar-refractivity contribution in [3.05, 3.63) is 77.3 Å². The molecule has 4 heteroatoms. The molecule has 25 heavy (non-hydrogen) atoms. The molecule has 0 radical (unpaired) electrons. The molecule has 2 nitrogen and oxygen atoms in total. The highest BCUT2D eigenvalue weighted by atomic mass is 35.5. The Morgan fingerprint density at radius 3 is 2.24 bits per heavy atom. The predicted molar refractivity (Wildman–Crippen MR) is 111 cm³/mol. The Balaban J connectivity index is 1.49. The summed E-state index contributed by atoms with van der Waals surface area (Å²) in [7, 11) is 0. The van der Waals surface area contributed by atoms with Gasteiger partial charge >= 0.3 is 0 Å². The van der Waals surface area contributed by atoms with Crippen LogP contribution in [0.15, 0.2) is 66.7 Å². The monoisotopic (exact) mass is 366 g/mol. The number of halogens is 1. The van der Waals surface area contributed by atoms with E-state index in [4.69, 9.17) is 23.8 Å². The van der Waals surface area contributed by atoms with Crippen molar-refractivity contribution in [2.24, 2.45) is 0 Å². The average molecular weight is 367 g/mol. The van der Waals surface area contributed by atoms with Gasteiger partial charge in [0.25, 0.3) is 0 Å². The second-order valence-electron chi connectivity index (χ2n) is 6.28. The van der Waals surface area contributed by atoms with Crippen LogP contribution in [-0.4, -0.2) is 36.1 Å².